The zero-order valence-corrected chi connectivity index (χ0v) is 15.3. The van der Waals surface area contributed by atoms with Crippen molar-refractivity contribution in [3.63, 3.8) is 0 Å². The molecule has 0 atom stereocenters. The highest BCUT2D eigenvalue weighted by molar-refractivity contribution is 8.00. The largest absolute Gasteiger partial charge is 0.416 e. The summed E-state index contributed by atoms with van der Waals surface area (Å²) >= 11 is 2.66. The summed E-state index contributed by atoms with van der Waals surface area (Å²) < 4.78 is 40.7. The van der Waals surface area contributed by atoms with Crippen LogP contribution in [0.5, 0.6) is 0 Å². The van der Waals surface area contributed by atoms with Gasteiger partial charge in [-0.1, -0.05) is 29.5 Å². The first-order valence-corrected chi connectivity index (χ1v) is 9.35. The van der Waals surface area contributed by atoms with Crippen LogP contribution in [-0.2, 0) is 12.7 Å². The first kappa shape index (κ1) is 19.2. The number of hydrogen-bond donors (Lipinski definition) is 2. The molecule has 0 aliphatic rings. The Hall–Kier alpha value is -2.59. The molecule has 140 valence electrons. The fraction of sp³-hybridized carbons (Fsp3) is 0.118. The molecule has 10 heteroatoms. The van der Waals surface area contributed by atoms with Gasteiger partial charge in [0.05, 0.1) is 5.56 Å². The average Bonchev–Trinajstić information content (AvgIpc) is 3.18. The van der Waals surface area contributed by atoms with E-state index < -0.39 is 11.7 Å². The van der Waals surface area contributed by atoms with Crippen LogP contribution in [-0.4, -0.2) is 16.1 Å². The van der Waals surface area contributed by atoms with Crippen molar-refractivity contribution in [1.29, 1.82) is 0 Å². The fourth-order valence-corrected chi connectivity index (χ4v) is 3.30. The van der Waals surface area contributed by atoms with Gasteiger partial charge in [-0.2, -0.15) is 13.2 Å². The van der Waals surface area contributed by atoms with Crippen molar-refractivity contribution >= 4 is 34.3 Å². The van der Waals surface area contributed by atoms with E-state index in [0.717, 1.165) is 17.0 Å². The Balaban J connectivity index is 1.57. The summed E-state index contributed by atoms with van der Waals surface area (Å²) in [7, 11) is 0. The lowest BCUT2D eigenvalue weighted by atomic mass is 10.1. The Kier molecular flexibility index (Phi) is 5.97. The Bertz CT molecular complexity index is 899. The van der Waals surface area contributed by atoms with Crippen LogP contribution in [0.25, 0.3) is 0 Å². The number of nitrogens with zero attached hydrogens (tertiary/aromatic N) is 2. The van der Waals surface area contributed by atoms with Gasteiger partial charge in [0.25, 0.3) is 5.91 Å². The lowest BCUT2D eigenvalue weighted by Crippen LogP contribution is -2.22. The number of rotatable bonds is 6. The van der Waals surface area contributed by atoms with Crippen LogP contribution in [0, 0.1) is 0 Å². The summed E-state index contributed by atoms with van der Waals surface area (Å²) in [6.07, 6.45) is -4.37. The van der Waals surface area contributed by atoms with Gasteiger partial charge >= 0.3 is 6.18 Å². The molecular formula is C17H13F3N4OS2. The lowest BCUT2D eigenvalue weighted by molar-refractivity contribution is -0.137. The molecule has 1 heterocycles. The van der Waals surface area contributed by atoms with Gasteiger partial charge in [-0.15, -0.1) is 10.2 Å². The first-order chi connectivity index (χ1) is 12.9. The minimum absolute atomic E-state index is 0.136. The molecule has 3 rings (SSSR count). The predicted octanol–water partition coefficient (Wildman–Crippen LogP) is 4.61. The molecule has 0 unspecified atom stereocenters. The zero-order valence-electron chi connectivity index (χ0n) is 13.7. The number of carbonyl (C=O) groups excluding carboxylic acids is 1. The zero-order chi connectivity index (χ0) is 19.3. The number of nitrogens with one attached hydrogen (secondary N) is 2. The van der Waals surface area contributed by atoms with Crippen molar-refractivity contribution in [2.45, 2.75) is 17.6 Å². The smallest absolute Gasteiger partial charge is 0.348 e. The molecule has 0 fully saturated rings. The second kappa shape index (κ2) is 8.40. The minimum atomic E-state index is -4.37. The van der Waals surface area contributed by atoms with Crippen molar-refractivity contribution in [2.75, 3.05) is 4.72 Å². The standard InChI is InChI=1S/C17H13F3N4OS2/c18-17(19,20)13-6-4-11(5-7-13)9-21-15(25)12-2-1-3-14(8-12)27-24-16-23-22-10-26-16/h1-8,10H,9H2,(H,21,25)(H,23,24). The van der Waals surface area contributed by atoms with E-state index in [2.05, 4.69) is 20.2 Å². The quantitative estimate of drug-likeness (QED) is 0.581. The van der Waals surface area contributed by atoms with Crippen LogP contribution in [0.15, 0.2) is 58.9 Å². The molecular weight excluding hydrogens is 397 g/mol. The van der Waals surface area contributed by atoms with Crippen LogP contribution in [0.4, 0.5) is 18.3 Å². The summed E-state index contributed by atoms with van der Waals surface area (Å²) in [5.74, 6) is -0.312. The number of alkyl halides is 3. The van der Waals surface area contributed by atoms with Gasteiger partial charge in [-0.3, -0.25) is 4.79 Å². The van der Waals surface area contributed by atoms with Crippen molar-refractivity contribution in [1.82, 2.24) is 15.5 Å². The van der Waals surface area contributed by atoms with E-state index in [1.807, 2.05) is 6.07 Å². The van der Waals surface area contributed by atoms with E-state index in [0.29, 0.717) is 16.3 Å². The number of carbonyl (C=O) groups is 1. The van der Waals surface area contributed by atoms with Gasteiger partial charge < -0.3 is 10.0 Å². The van der Waals surface area contributed by atoms with E-state index in [1.54, 1.807) is 23.7 Å². The third-order valence-electron chi connectivity index (χ3n) is 3.45. The van der Waals surface area contributed by atoms with E-state index in [1.165, 1.54) is 35.4 Å². The van der Waals surface area contributed by atoms with E-state index >= 15 is 0 Å². The molecule has 27 heavy (non-hydrogen) atoms. The summed E-state index contributed by atoms with van der Waals surface area (Å²) in [6, 6.07) is 11.7. The van der Waals surface area contributed by atoms with Crippen molar-refractivity contribution in [3.8, 4) is 0 Å². The second-order valence-corrected chi connectivity index (χ2v) is 7.07. The van der Waals surface area contributed by atoms with E-state index in [9.17, 15) is 18.0 Å². The third-order valence-corrected chi connectivity index (χ3v) is 4.97. The maximum atomic E-state index is 12.6. The predicted molar refractivity (Wildman–Crippen MR) is 98.4 cm³/mol. The van der Waals surface area contributed by atoms with Crippen molar-refractivity contribution < 1.29 is 18.0 Å². The molecule has 2 N–H and O–H groups in total. The third kappa shape index (κ3) is 5.44. The van der Waals surface area contributed by atoms with Crippen LogP contribution in [0.1, 0.15) is 21.5 Å². The number of halogens is 3. The normalized spacial score (nSPS) is 11.2. The van der Waals surface area contributed by atoms with E-state index in [-0.39, 0.29) is 12.5 Å². The first-order valence-electron chi connectivity index (χ1n) is 7.65. The van der Waals surface area contributed by atoms with Gasteiger partial charge in [-0.25, -0.2) is 0 Å². The molecule has 5 nitrogen and oxygen atoms in total. The molecule has 1 aromatic heterocycles. The second-order valence-electron chi connectivity index (χ2n) is 5.35. The molecule has 0 aliphatic heterocycles. The van der Waals surface area contributed by atoms with Gasteiger partial charge in [0.1, 0.15) is 5.51 Å². The molecule has 0 aliphatic carbocycles. The van der Waals surface area contributed by atoms with Gasteiger partial charge in [0, 0.05) is 17.0 Å². The number of amides is 1. The molecule has 0 saturated carbocycles. The molecule has 3 aromatic rings. The molecule has 1 amide bonds. The summed E-state index contributed by atoms with van der Waals surface area (Å²) in [5.41, 5.74) is 1.92. The summed E-state index contributed by atoms with van der Waals surface area (Å²) in [4.78, 5) is 13.1. The van der Waals surface area contributed by atoms with Gasteiger partial charge in [0.15, 0.2) is 0 Å². The molecule has 0 bridgehead atoms. The van der Waals surface area contributed by atoms with Crippen LogP contribution in [0.3, 0.4) is 0 Å². The molecule has 2 aromatic carbocycles. The number of anilines is 1. The van der Waals surface area contributed by atoms with Crippen molar-refractivity contribution in [3.05, 3.63) is 70.7 Å². The minimum Gasteiger partial charge on any atom is -0.348 e. The average molecular weight is 410 g/mol. The highest BCUT2D eigenvalue weighted by Crippen LogP contribution is 2.29. The maximum absolute atomic E-state index is 12.6. The molecule has 0 saturated heterocycles. The SMILES string of the molecule is O=C(NCc1ccc(C(F)(F)F)cc1)c1cccc(SNc2nncs2)c1. The summed E-state index contributed by atoms with van der Waals surface area (Å²) in [5, 5.41) is 10.9. The van der Waals surface area contributed by atoms with Crippen LogP contribution >= 0.6 is 23.3 Å². The Morgan fingerprint density at radius 1 is 1.15 bits per heavy atom. The number of aromatic nitrogens is 2. The van der Waals surface area contributed by atoms with Crippen LogP contribution in [0.2, 0.25) is 0 Å². The van der Waals surface area contributed by atoms with Crippen molar-refractivity contribution in [2.24, 2.45) is 0 Å². The van der Waals surface area contributed by atoms with Crippen LogP contribution < -0.4 is 10.0 Å². The van der Waals surface area contributed by atoms with Gasteiger partial charge in [0.2, 0.25) is 5.13 Å². The van der Waals surface area contributed by atoms with Gasteiger partial charge in [-0.05, 0) is 47.8 Å². The van der Waals surface area contributed by atoms with E-state index in [4.69, 9.17) is 0 Å². The number of benzene rings is 2. The topological polar surface area (TPSA) is 66.9 Å². The maximum Gasteiger partial charge on any atom is 0.416 e. The Labute approximate surface area is 161 Å². The monoisotopic (exact) mass is 410 g/mol. The molecule has 0 radical (unpaired) electrons. The fourth-order valence-electron chi connectivity index (χ4n) is 2.12. The highest BCUT2D eigenvalue weighted by atomic mass is 32.2. The Morgan fingerprint density at radius 2 is 1.93 bits per heavy atom. The lowest BCUT2D eigenvalue weighted by Gasteiger charge is -2.09. The summed E-state index contributed by atoms with van der Waals surface area (Å²) in [6.45, 7) is 0.136. The Morgan fingerprint density at radius 3 is 2.59 bits per heavy atom. The highest BCUT2D eigenvalue weighted by Gasteiger charge is 2.29. The molecule has 0 spiro atoms. The number of hydrogen-bond acceptors (Lipinski definition) is 6.